The standard InChI is InChI=1S/C18H29N3O3/c1-23-15-5-9-19-18(22)21-13-11-20(12-14-21)10-8-16-6-3-4-7-17(16)24-2/h3-4,6-7H,5,8-15H2,1-2H3,(H,19,22). The molecule has 1 aliphatic heterocycles. The minimum atomic E-state index is 0.0375. The number of carbonyl (C=O) groups excluding carboxylic acids is 1. The summed E-state index contributed by atoms with van der Waals surface area (Å²) in [4.78, 5) is 16.4. The summed E-state index contributed by atoms with van der Waals surface area (Å²) < 4.78 is 10.4. The van der Waals surface area contributed by atoms with Crippen LogP contribution in [0.5, 0.6) is 5.75 Å². The lowest BCUT2D eigenvalue weighted by Crippen LogP contribution is -2.52. The van der Waals surface area contributed by atoms with Gasteiger partial charge in [-0.3, -0.25) is 4.90 Å². The maximum atomic E-state index is 12.1. The molecule has 0 saturated carbocycles. The van der Waals surface area contributed by atoms with E-state index in [-0.39, 0.29) is 6.03 Å². The SMILES string of the molecule is COCCCNC(=O)N1CCN(CCc2ccccc2OC)CC1. The Morgan fingerprint density at radius 2 is 1.92 bits per heavy atom. The third kappa shape index (κ3) is 5.69. The average Bonchev–Trinajstić information content (AvgIpc) is 2.64. The number of benzene rings is 1. The molecule has 1 saturated heterocycles. The summed E-state index contributed by atoms with van der Waals surface area (Å²) in [6, 6.07) is 8.19. The number of urea groups is 1. The van der Waals surface area contributed by atoms with Crippen molar-refractivity contribution in [1.82, 2.24) is 15.1 Å². The maximum absolute atomic E-state index is 12.1. The summed E-state index contributed by atoms with van der Waals surface area (Å²) in [6.45, 7) is 5.73. The minimum Gasteiger partial charge on any atom is -0.496 e. The van der Waals surface area contributed by atoms with Crippen LogP contribution in [0, 0.1) is 0 Å². The number of ether oxygens (including phenoxy) is 2. The molecule has 1 fully saturated rings. The van der Waals surface area contributed by atoms with Gasteiger partial charge in [-0.05, 0) is 24.5 Å². The van der Waals surface area contributed by atoms with Crippen LogP contribution in [-0.2, 0) is 11.2 Å². The zero-order valence-electron chi connectivity index (χ0n) is 14.8. The van der Waals surface area contributed by atoms with Crippen molar-refractivity contribution in [3.8, 4) is 5.75 Å². The molecule has 1 aliphatic rings. The number of nitrogens with one attached hydrogen (secondary N) is 1. The number of piperazine rings is 1. The second kappa shape index (κ2) is 10.2. The zero-order valence-corrected chi connectivity index (χ0v) is 14.8. The monoisotopic (exact) mass is 335 g/mol. The van der Waals surface area contributed by atoms with Crippen LogP contribution in [0.15, 0.2) is 24.3 Å². The van der Waals surface area contributed by atoms with Crippen LogP contribution in [0.4, 0.5) is 4.79 Å². The van der Waals surface area contributed by atoms with E-state index in [0.717, 1.165) is 51.3 Å². The van der Waals surface area contributed by atoms with Crippen molar-refractivity contribution in [2.24, 2.45) is 0 Å². The van der Waals surface area contributed by atoms with Crippen molar-refractivity contribution in [2.75, 3.05) is 60.1 Å². The molecular formula is C18H29N3O3. The number of para-hydroxylation sites is 1. The molecule has 134 valence electrons. The van der Waals surface area contributed by atoms with Gasteiger partial charge >= 0.3 is 6.03 Å². The normalized spacial score (nSPS) is 15.3. The molecule has 1 aromatic carbocycles. The smallest absolute Gasteiger partial charge is 0.317 e. The number of hydrogen-bond acceptors (Lipinski definition) is 4. The van der Waals surface area contributed by atoms with Gasteiger partial charge in [0.25, 0.3) is 0 Å². The molecule has 0 aromatic heterocycles. The predicted octanol–water partition coefficient (Wildman–Crippen LogP) is 1.60. The first kappa shape index (κ1) is 18.5. The summed E-state index contributed by atoms with van der Waals surface area (Å²) in [5.41, 5.74) is 1.23. The van der Waals surface area contributed by atoms with Gasteiger partial charge in [0.05, 0.1) is 7.11 Å². The summed E-state index contributed by atoms with van der Waals surface area (Å²) >= 11 is 0. The molecule has 1 aromatic rings. The van der Waals surface area contributed by atoms with Crippen LogP contribution < -0.4 is 10.1 Å². The molecule has 2 rings (SSSR count). The van der Waals surface area contributed by atoms with Crippen LogP contribution in [-0.4, -0.2) is 75.9 Å². The van der Waals surface area contributed by atoms with Gasteiger partial charge in [-0.15, -0.1) is 0 Å². The van der Waals surface area contributed by atoms with Crippen LogP contribution in [0.3, 0.4) is 0 Å². The Morgan fingerprint density at radius 1 is 1.17 bits per heavy atom. The van der Waals surface area contributed by atoms with E-state index in [1.165, 1.54) is 5.56 Å². The predicted molar refractivity (Wildman–Crippen MR) is 94.6 cm³/mol. The highest BCUT2D eigenvalue weighted by molar-refractivity contribution is 5.74. The topological polar surface area (TPSA) is 54.0 Å². The third-order valence-corrected chi connectivity index (χ3v) is 4.35. The lowest BCUT2D eigenvalue weighted by atomic mass is 10.1. The lowest BCUT2D eigenvalue weighted by molar-refractivity contribution is 0.139. The zero-order chi connectivity index (χ0) is 17.2. The molecule has 1 N–H and O–H groups in total. The van der Waals surface area contributed by atoms with Crippen molar-refractivity contribution < 1.29 is 14.3 Å². The van der Waals surface area contributed by atoms with Gasteiger partial charge in [-0.25, -0.2) is 4.79 Å². The van der Waals surface area contributed by atoms with Crippen LogP contribution in [0.25, 0.3) is 0 Å². The molecular weight excluding hydrogens is 306 g/mol. The van der Waals surface area contributed by atoms with Crippen molar-refractivity contribution in [1.29, 1.82) is 0 Å². The van der Waals surface area contributed by atoms with Gasteiger partial charge in [-0.1, -0.05) is 18.2 Å². The number of hydrogen-bond donors (Lipinski definition) is 1. The molecule has 6 nitrogen and oxygen atoms in total. The average molecular weight is 335 g/mol. The molecule has 6 heteroatoms. The van der Waals surface area contributed by atoms with E-state index in [0.29, 0.717) is 13.2 Å². The fourth-order valence-electron chi connectivity index (χ4n) is 2.89. The number of nitrogens with zero attached hydrogens (tertiary/aromatic N) is 2. The Morgan fingerprint density at radius 3 is 2.62 bits per heavy atom. The first-order chi connectivity index (χ1) is 11.7. The van der Waals surface area contributed by atoms with Gasteiger partial charge in [0, 0.05) is 53.0 Å². The second-order valence-electron chi connectivity index (χ2n) is 5.97. The van der Waals surface area contributed by atoms with Crippen LogP contribution in [0.2, 0.25) is 0 Å². The molecule has 2 amide bonds. The van der Waals surface area contributed by atoms with E-state index >= 15 is 0 Å². The highest BCUT2D eigenvalue weighted by Crippen LogP contribution is 2.18. The van der Waals surface area contributed by atoms with Gasteiger partial charge in [-0.2, -0.15) is 0 Å². The summed E-state index contributed by atoms with van der Waals surface area (Å²) in [5, 5.41) is 2.95. The minimum absolute atomic E-state index is 0.0375. The molecule has 1 heterocycles. The van der Waals surface area contributed by atoms with Crippen LogP contribution >= 0.6 is 0 Å². The van der Waals surface area contributed by atoms with Gasteiger partial charge in [0.1, 0.15) is 5.75 Å². The molecule has 0 bridgehead atoms. The Hall–Kier alpha value is -1.79. The van der Waals surface area contributed by atoms with Crippen molar-refractivity contribution in [3.05, 3.63) is 29.8 Å². The third-order valence-electron chi connectivity index (χ3n) is 4.35. The van der Waals surface area contributed by atoms with Gasteiger partial charge in [0.15, 0.2) is 0 Å². The van der Waals surface area contributed by atoms with Crippen LogP contribution in [0.1, 0.15) is 12.0 Å². The summed E-state index contributed by atoms with van der Waals surface area (Å²) in [6.07, 6.45) is 1.81. The summed E-state index contributed by atoms with van der Waals surface area (Å²) in [7, 11) is 3.38. The fraction of sp³-hybridized carbons (Fsp3) is 0.611. The molecule has 0 aliphatic carbocycles. The highest BCUT2D eigenvalue weighted by atomic mass is 16.5. The molecule has 0 atom stereocenters. The Bertz CT molecular complexity index is 502. The van der Waals surface area contributed by atoms with Crippen molar-refractivity contribution >= 4 is 6.03 Å². The Balaban J connectivity index is 1.68. The van der Waals surface area contributed by atoms with E-state index in [2.05, 4.69) is 16.3 Å². The largest absolute Gasteiger partial charge is 0.496 e. The van der Waals surface area contributed by atoms with Crippen molar-refractivity contribution in [3.63, 3.8) is 0 Å². The lowest BCUT2D eigenvalue weighted by Gasteiger charge is -2.34. The summed E-state index contributed by atoms with van der Waals surface area (Å²) in [5.74, 6) is 0.951. The number of carbonyl (C=O) groups is 1. The fourth-order valence-corrected chi connectivity index (χ4v) is 2.89. The number of methoxy groups -OCH3 is 2. The van der Waals surface area contributed by atoms with Gasteiger partial charge in [0.2, 0.25) is 0 Å². The van der Waals surface area contributed by atoms with Gasteiger partial charge < -0.3 is 19.7 Å². The first-order valence-electron chi connectivity index (χ1n) is 8.60. The molecule has 0 spiro atoms. The van der Waals surface area contributed by atoms with E-state index in [1.807, 2.05) is 23.1 Å². The number of rotatable bonds is 8. The first-order valence-corrected chi connectivity index (χ1v) is 8.60. The Kier molecular flexibility index (Phi) is 7.85. The maximum Gasteiger partial charge on any atom is 0.317 e. The van der Waals surface area contributed by atoms with E-state index in [4.69, 9.17) is 9.47 Å². The van der Waals surface area contributed by atoms with E-state index in [9.17, 15) is 4.79 Å². The second-order valence-corrected chi connectivity index (χ2v) is 5.97. The quantitative estimate of drug-likeness (QED) is 0.733. The van der Waals surface area contributed by atoms with E-state index < -0.39 is 0 Å². The molecule has 0 unspecified atom stereocenters. The highest BCUT2D eigenvalue weighted by Gasteiger charge is 2.20. The van der Waals surface area contributed by atoms with Crippen molar-refractivity contribution in [2.45, 2.75) is 12.8 Å². The number of amides is 2. The molecule has 0 radical (unpaired) electrons. The van der Waals surface area contributed by atoms with E-state index in [1.54, 1.807) is 14.2 Å². The Labute approximate surface area is 144 Å². The molecule has 24 heavy (non-hydrogen) atoms.